The second kappa shape index (κ2) is 10.4. The summed E-state index contributed by atoms with van der Waals surface area (Å²) in [4.78, 5) is 12.3. The lowest BCUT2D eigenvalue weighted by Gasteiger charge is -2.17. The minimum absolute atomic E-state index is 0.0368. The van der Waals surface area contributed by atoms with E-state index in [1.807, 2.05) is 44.2 Å². The molecule has 2 aromatic carbocycles. The molecule has 2 aromatic rings. The van der Waals surface area contributed by atoms with Gasteiger partial charge in [-0.25, -0.2) is 0 Å². The summed E-state index contributed by atoms with van der Waals surface area (Å²) in [5.74, 6) is 2.63. The Labute approximate surface area is 166 Å². The number of nitrogens with one attached hydrogen (secondary N) is 1. The van der Waals surface area contributed by atoms with Gasteiger partial charge in [-0.15, -0.1) is 0 Å². The van der Waals surface area contributed by atoms with Gasteiger partial charge in [-0.1, -0.05) is 18.2 Å². The normalized spacial score (nSPS) is 10.5. The van der Waals surface area contributed by atoms with Crippen LogP contribution in [0.2, 0.25) is 0 Å². The Morgan fingerprint density at radius 3 is 2.32 bits per heavy atom. The van der Waals surface area contributed by atoms with Crippen molar-refractivity contribution in [2.45, 2.75) is 32.8 Å². The number of benzene rings is 2. The van der Waals surface area contributed by atoms with Crippen LogP contribution >= 0.6 is 0 Å². The van der Waals surface area contributed by atoms with E-state index in [9.17, 15) is 4.79 Å². The van der Waals surface area contributed by atoms with Gasteiger partial charge in [0, 0.05) is 6.54 Å². The Balaban J connectivity index is 1.95. The summed E-state index contributed by atoms with van der Waals surface area (Å²) in [6.45, 7) is 4.45. The Morgan fingerprint density at radius 2 is 1.68 bits per heavy atom. The maximum absolute atomic E-state index is 12.3. The third kappa shape index (κ3) is 5.81. The number of para-hydroxylation sites is 1. The molecule has 0 saturated heterocycles. The molecule has 0 aliphatic carbocycles. The molecule has 0 radical (unpaired) electrons. The molecule has 0 heterocycles. The average molecular weight is 387 g/mol. The molecule has 0 spiro atoms. The van der Waals surface area contributed by atoms with Crippen molar-refractivity contribution in [3.05, 3.63) is 47.5 Å². The zero-order valence-corrected chi connectivity index (χ0v) is 17.2. The summed E-state index contributed by atoms with van der Waals surface area (Å²) in [6, 6.07) is 11.3. The van der Waals surface area contributed by atoms with E-state index in [1.165, 1.54) is 0 Å². The van der Waals surface area contributed by atoms with Gasteiger partial charge < -0.3 is 24.3 Å². The molecule has 152 valence electrons. The molecule has 0 fully saturated rings. The van der Waals surface area contributed by atoms with Crippen LogP contribution in [0.1, 0.15) is 25.0 Å². The number of rotatable bonds is 10. The SMILES string of the molecule is COc1ccc(CC(=O)NCCc2cccc(OC)c2OC(C)C)cc1OC. The van der Waals surface area contributed by atoms with Gasteiger partial charge in [0.1, 0.15) is 0 Å². The van der Waals surface area contributed by atoms with Crippen LogP contribution in [0.4, 0.5) is 0 Å². The first-order valence-electron chi connectivity index (χ1n) is 9.28. The molecule has 0 atom stereocenters. The molecule has 0 aliphatic heterocycles. The number of hydrogen-bond acceptors (Lipinski definition) is 5. The smallest absolute Gasteiger partial charge is 0.224 e. The Morgan fingerprint density at radius 1 is 0.964 bits per heavy atom. The van der Waals surface area contributed by atoms with E-state index in [-0.39, 0.29) is 18.4 Å². The van der Waals surface area contributed by atoms with E-state index in [0.717, 1.165) is 16.9 Å². The van der Waals surface area contributed by atoms with E-state index in [0.29, 0.717) is 30.2 Å². The number of ether oxygens (including phenoxy) is 4. The van der Waals surface area contributed by atoms with Crippen LogP contribution in [0.3, 0.4) is 0 Å². The topological polar surface area (TPSA) is 66.0 Å². The number of amides is 1. The van der Waals surface area contributed by atoms with Gasteiger partial charge in [-0.05, 0) is 49.6 Å². The molecule has 28 heavy (non-hydrogen) atoms. The van der Waals surface area contributed by atoms with E-state index < -0.39 is 0 Å². The molecular weight excluding hydrogens is 358 g/mol. The third-order valence-corrected chi connectivity index (χ3v) is 4.16. The summed E-state index contributed by atoms with van der Waals surface area (Å²) < 4.78 is 21.8. The highest BCUT2D eigenvalue weighted by molar-refractivity contribution is 5.78. The predicted octanol–water partition coefficient (Wildman–Crippen LogP) is 3.40. The molecule has 6 nitrogen and oxygen atoms in total. The van der Waals surface area contributed by atoms with E-state index in [2.05, 4.69) is 5.32 Å². The van der Waals surface area contributed by atoms with Crippen molar-refractivity contribution in [2.75, 3.05) is 27.9 Å². The first-order chi connectivity index (χ1) is 13.5. The lowest BCUT2D eigenvalue weighted by molar-refractivity contribution is -0.120. The fourth-order valence-corrected chi connectivity index (χ4v) is 2.86. The van der Waals surface area contributed by atoms with E-state index >= 15 is 0 Å². The van der Waals surface area contributed by atoms with Crippen LogP contribution < -0.4 is 24.3 Å². The zero-order chi connectivity index (χ0) is 20.5. The van der Waals surface area contributed by atoms with Gasteiger partial charge in [0.15, 0.2) is 23.0 Å². The van der Waals surface area contributed by atoms with Gasteiger partial charge in [0.2, 0.25) is 5.91 Å². The Kier molecular flexibility index (Phi) is 7.99. The van der Waals surface area contributed by atoms with Crippen LogP contribution in [0.15, 0.2) is 36.4 Å². The highest BCUT2D eigenvalue weighted by Crippen LogP contribution is 2.32. The minimum atomic E-state index is -0.0542. The molecule has 6 heteroatoms. The van der Waals surface area contributed by atoms with Crippen molar-refractivity contribution in [2.24, 2.45) is 0 Å². The predicted molar refractivity (Wildman–Crippen MR) is 109 cm³/mol. The fraction of sp³-hybridized carbons (Fsp3) is 0.409. The molecule has 2 rings (SSSR count). The second-order valence-electron chi connectivity index (χ2n) is 6.58. The summed E-state index contributed by atoms with van der Waals surface area (Å²) >= 11 is 0. The molecular formula is C22H29NO5. The maximum Gasteiger partial charge on any atom is 0.224 e. The van der Waals surface area contributed by atoms with E-state index in [1.54, 1.807) is 27.4 Å². The van der Waals surface area contributed by atoms with Crippen molar-refractivity contribution < 1.29 is 23.7 Å². The van der Waals surface area contributed by atoms with Crippen LogP contribution in [0.5, 0.6) is 23.0 Å². The third-order valence-electron chi connectivity index (χ3n) is 4.16. The van der Waals surface area contributed by atoms with Crippen LogP contribution in [-0.4, -0.2) is 39.9 Å². The average Bonchev–Trinajstić information content (AvgIpc) is 2.68. The van der Waals surface area contributed by atoms with Crippen LogP contribution in [-0.2, 0) is 17.6 Å². The van der Waals surface area contributed by atoms with Crippen molar-refractivity contribution in [3.8, 4) is 23.0 Å². The lowest BCUT2D eigenvalue weighted by atomic mass is 10.1. The number of carbonyl (C=O) groups is 1. The number of methoxy groups -OCH3 is 3. The summed E-state index contributed by atoms with van der Waals surface area (Å²) in [6.07, 6.45) is 0.958. The Bertz CT molecular complexity index is 788. The van der Waals surface area contributed by atoms with E-state index in [4.69, 9.17) is 18.9 Å². The Hall–Kier alpha value is -2.89. The van der Waals surface area contributed by atoms with Crippen molar-refractivity contribution >= 4 is 5.91 Å². The molecule has 0 aromatic heterocycles. The molecule has 1 N–H and O–H groups in total. The quantitative estimate of drug-likeness (QED) is 0.677. The summed E-state index contributed by atoms with van der Waals surface area (Å²) in [7, 11) is 4.78. The fourth-order valence-electron chi connectivity index (χ4n) is 2.86. The largest absolute Gasteiger partial charge is 0.493 e. The van der Waals surface area contributed by atoms with Gasteiger partial charge in [0.25, 0.3) is 0 Å². The first-order valence-corrected chi connectivity index (χ1v) is 9.28. The standard InChI is InChI=1S/C22H29NO5/c1-15(2)28-22-17(7-6-8-19(22)26-4)11-12-23-21(24)14-16-9-10-18(25-3)20(13-16)27-5/h6-10,13,15H,11-12,14H2,1-5H3,(H,23,24). The lowest BCUT2D eigenvalue weighted by Crippen LogP contribution is -2.27. The summed E-state index contributed by atoms with van der Waals surface area (Å²) in [5, 5.41) is 2.96. The molecule has 0 unspecified atom stereocenters. The number of carbonyl (C=O) groups excluding carboxylic acids is 1. The van der Waals surface area contributed by atoms with Crippen molar-refractivity contribution in [3.63, 3.8) is 0 Å². The van der Waals surface area contributed by atoms with Crippen LogP contribution in [0, 0.1) is 0 Å². The van der Waals surface area contributed by atoms with Crippen LogP contribution in [0.25, 0.3) is 0 Å². The molecule has 0 saturated carbocycles. The van der Waals surface area contributed by atoms with Gasteiger partial charge in [-0.3, -0.25) is 4.79 Å². The first kappa shape index (κ1) is 21.4. The van der Waals surface area contributed by atoms with Crippen molar-refractivity contribution in [1.82, 2.24) is 5.32 Å². The number of hydrogen-bond donors (Lipinski definition) is 1. The second-order valence-corrected chi connectivity index (χ2v) is 6.58. The van der Waals surface area contributed by atoms with Gasteiger partial charge in [-0.2, -0.15) is 0 Å². The van der Waals surface area contributed by atoms with Gasteiger partial charge in [0.05, 0.1) is 33.9 Å². The molecule has 1 amide bonds. The van der Waals surface area contributed by atoms with Gasteiger partial charge >= 0.3 is 0 Å². The maximum atomic E-state index is 12.3. The van der Waals surface area contributed by atoms with Crippen molar-refractivity contribution in [1.29, 1.82) is 0 Å². The zero-order valence-electron chi connectivity index (χ0n) is 17.2. The monoisotopic (exact) mass is 387 g/mol. The minimum Gasteiger partial charge on any atom is -0.493 e. The summed E-state index contributed by atoms with van der Waals surface area (Å²) in [5.41, 5.74) is 1.86. The highest BCUT2D eigenvalue weighted by atomic mass is 16.5. The molecule has 0 aliphatic rings. The highest BCUT2D eigenvalue weighted by Gasteiger charge is 2.13. The molecule has 0 bridgehead atoms.